The van der Waals surface area contributed by atoms with Crippen molar-refractivity contribution in [2.75, 3.05) is 5.32 Å². The third-order valence-corrected chi connectivity index (χ3v) is 3.76. The molecule has 0 fully saturated rings. The van der Waals surface area contributed by atoms with Gasteiger partial charge in [-0.2, -0.15) is 9.78 Å². The monoisotopic (exact) mass is 303 g/mol. The zero-order valence-corrected chi connectivity index (χ0v) is 13.0. The van der Waals surface area contributed by atoms with E-state index in [1.165, 1.54) is 15.6 Å². The standard InChI is InChI=1S/C15H21N5O2/c1-4-10(2)13(16)14(21)18-11-5-7-12(8-6-11)20-15(22)19(3)9-17-20/h5-10,13H,4,16H2,1-3H3,(H,18,21)/t10-,13-/m1/s1. The van der Waals surface area contributed by atoms with Crippen LogP contribution in [0.5, 0.6) is 0 Å². The Bertz CT molecular complexity index is 701. The summed E-state index contributed by atoms with van der Waals surface area (Å²) in [4.78, 5) is 23.8. The van der Waals surface area contributed by atoms with Crippen molar-refractivity contribution in [1.82, 2.24) is 14.3 Å². The summed E-state index contributed by atoms with van der Waals surface area (Å²) in [5.41, 5.74) is 6.94. The van der Waals surface area contributed by atoms with E-state index >= 15 is 0 Å². The minimum absolute atomic E-state index is 0.117. The lowest BCUT2D eigenvalue weighted by Crippen LogP contribution is -2.40. The fourth-order valence-electron chi connectivity index (χ4n) is 1.98. The summed E-state index contributed by atoms with van der Waals surface area (Å²) < 4.78 is 2.68. The fraction of sp³-hybridized carbons (Fsp3) is 0.400. The van der Waals surface area contributed by atoms with Crippen LogP contribution in [0.25, 0.3) is 5.69 Å². The lowest BCUT2D eigenvalue weighted by atomic mass is 9.99. The third kappa shape index (κ3) is 3.25. The van der Waals surface area contributed by atoms with E-state index < -0.39 is 6.04 Å². The van der Waals surface area contributed by atoms with Crippen molar-refractivity contribution in [3.05, 3.63) is 41.1 Å². The number of benzene rings is 1. The number of nitrogens with two attached hydrogens (primary N) is 1. The minimum Gasteiger partial charge on any atom is -0.325 e. The van der Waals surface area contributed by atoms with E-state index in [9.17, 15) is 9.59 Å². The Kier molecular flexibility index (Phi) is 4.77. The van der Waals surface area contributed by atoms with Crippen LogP contribution in [0.15, 0.2) is 35.4 Å². The number of rotatable bonds is 5. The Morgan fingerprint density at radius 2 is 2.00 bits per heavy atom. The number of hydrogen-bond donors (Lipinski definition) is 2. The van der Waals surface area contributed by atoms with Crippen molar-refractivity contribution in [1.29, 1.82) is 0 Å². The summed E-state index contributed by atoms with van der Waals surface area (Å²) in [6.45, 7) is 3.94. The molecule has 1 amide bonds. The van der Waals surface area contributed by atoms with E-state index in [4.69, 9.17) is 5.73 Å². The van der Waals surface area contributed by atoms with Gasteiger partial charge >= 0.3 is 5.69 Å². The maximum atomic E-state index is 12.0. The maximum absolute atomic E-state index is 12.0. The van der Waals surface area contributed by atoms with Gasteiger partial charge in [-0.25, -0.2) is 4.79 Å². The Hall–Kier alpha value is -2.41. The molecule has 7 nitrogen and oxygen atoms in total. The first kappa shape index (κ1) is 16.0. The molecule has 0 unspecified atom stereocenters. The largest absolute Gasteiger partial charge is 0.350 e. The van der Waals surface area contributed by atoms with Crippen LogP contribution < -0.4 is 16.7 Å². The second kappa shape index (κ2) is 6.57. The molecule has 1 heterocycles. The molecule has 7 heteroatoms. The number of nitrogens with one attached hydrogen (secondary N) is 1. The Morgan fingerprint density at radius 1 is 1.36 bits per heavy atom. The Balaban J connectivity index is 2.11. The molecule has 1 aromatic heterocycles. The van der Waals surface area contributed by atoms with Crippen LogP contribution in [0.2, 0.25) is 0 Å². The van der Waals surface area contributed by atoms with Crippen molar-refractivity contribution in [3.63, 3.8) is 0 Å². The number of nitrogens with zero attached hydrogens (tertiary/aromatic N) is 3. The lowest BCUT2D eigenvalue weighted by molar-refractivity contribution is -0.118. The van der Waals surface area contributed by atoms with Crippen molar-refractivity contribution >= 4 is 11.6 Å². The number of hydrogen-bond acceptors (Lipinski definition) is 4. The predicted molar refractivity (Wildman–Crippen MR) is 84.9 cm³/mol. The van der Waals surface area contributed by atoms with Crippen molar-refractivity contribution in [2.24, 2.45) is 18.7 Å². The van der Waals surface area contributed by atoms with Gasteiger partial charge in [-0.1, -0.05) is 20.3 Å². The molecule has 22 heavy (non-hydrogen) atoms. The highest BCUT2D eigenvalue weighted by Crippen LogP contribution is 2.13. The number of amides is 1. The van der Waals surface area contributed by atoms with Gasteiger partial charge < -0.3 is 11.1 Å². The van der Waals surface area contributed by atoms with E-state index in [-0.39, 0.29) is 17.5 Å². The summed E-state index contributed by atoms with van der Waals surface area (Å²) in [6, 6.07) is 6.34. The molecule has 0 saturated carbocycles. The Morgan fingerprint density at radius 3 is 2.50 bits per heavy atom. The van der Waals surface area contributed by atoms with Crippen molar-refractivity contribution < 1.29 is 4.79 Å². The van der Waals surface area contributed by atoms with Crippen LogP contribution in [-0.4, -0.2) is 26.3 Å². The van der Waals surface area contributed by atoms with E-state index in [2.05, 4.69) is 10.4 Å². The molecule has 0 aliphatic heterocycles. The van der Waals surface area contributed by atoms with Crippen LogP contribution in [0, 0.1) is 5.92 Å². The van der Waals surface area contributed by atoms with Crippen LogP contribution in [0.4, 0.5) is 5.69 Å². The minimum atomic E-state index is -0.539. The molecule has 0 spiro atoms. The number of carbonyl (C=O) groups is 1. The molecule has 0 radical (unpaired) electrons. The van der Waals surface area contributed by atoms with E-state index in [0.717, 1.165) is 6.42 Å². The topological polar surface area (TPSA) is 94.9 Å². The summed E-state index contributed by atoms with van der Waals surface area (Å²) in [6.07, 6.45) is 2.29. The average Bonchev–Trinajstić information content (AvgIpc) is 2.86. The first-order valence-electron chi connectivity index (χ1n) is 7.21. The lowest BCUT2D eigenvalue weighted by Gasteiger charge is -2.17. The SMILES string of the molecule is CC[C@@H](C)[C@@H](N)C(=O)Nc1ccc(-n2ncn(C)c2=O)cc1. The van der Waals surface area contributed by atoms with Crippen LogP contribution in [0.3, 0.4) is 0 Å². The molecule has 0 aliphatic carbocycles. The maximum Gasteiger partial charge on any atom is 0.350 e. The van der Waals surface area contributed by atoms with Gasteiger partial charge in [0, 0.05) is 12.7 Å². The van der Waals surface area contributed by atoms with Gasteiger partial charge in [0.2, 0.25) is 5.91 Å². The fourth-order valence-corrected chi connectivity index (χ4v) is 1.98. The normalized spacial score (nSPS) is 13.6. The van der Waals surface area contributed by atoms with Gasteiger partial charge in [-0.15, -0.1) is 0 Å². The third-order valence-electron chi connectivity index (χ3n) is 3.76. The summed E-state index contributed by atoms with van der Waals surface area (Å²) in [5, 5.41) is 6.78. The first-order valence-corrected chi connectivity index (χ1v) is 7.21. The zero-order valence-electron chi connectivity index (χ0n) is 13.0. The van der Waals surface area contributed by atoms with Crippen LogP contribution >= 0.6 is 0 Å². The average molecular weight is 303 g/mol. The highest BCUT2D eigenvalue weighted by molar-refractivity contribution is 5.94. The number of aromatic nitrogens is 3. The molecule has 0 bridgehead atoms. The number of aryl methyl sites for hydroxylation is 1. The molecule has 1 aromatic carbocycles. The summed E-state index contributed by atoms with van der Waals surface area (Å²) in [7, 11) is 1.64. The van der Waals surface area contributed by atoms with Gasteiger partial charge in [0.05, 0.1) is 11.7 Å². The molecule has 0 aliphatic rings. The van der Waals surface area contributed by atoms with Gasteiger partial charge in [0.1, 0.15) is 6.33 Å². The second-order valence-electron chi connectivity index (χ2n) is 5.38. The molecular weight excluding hydrogens is 282 g/mol. The van der Waals surface area contributed by atoms with Gasteiger partial charge in [0.15, 0.2) is 0 Å². The molecule has 2 aromatic rings. The number of anilines is 1. The van der Waals surface area contributed by atoms with E-state index in [1.807, 2.05) is 13.8 Å². The number of carbonyl (C=O) groups excluding carboxylic acids is 1. The smallest absolute Gasteiger partial charge is 0.325 e. The predicted octanol–water partition coefficient (Wildman–Crippen LogP) is 0.883. The zero-order chi connectivity index (χ0) is 16.3. The molecule has 118 valence electrons. The Labute approximate surface area is 128 Å². The molecule has 2 rings (SSSR count). The van der Waals surface area contributed by atoms with Gasteiger partial charge in [-0.05, 0) is 30.2 Å². The van der Waals surface area contributed by atoms with Gasteiger partial charge in [-0.3, -0.25) is 9.36 Å². The quantitative estimate of drug-likeness (QED) is 0.857. The first-order chi connectivity index (χ1) is 10.4. The summed E-state index contributed by atoms with van der Waals surface area (Å²) >= 11 is 0. The van der Waals surface area contributed by atoms with Crippen LogP contribution in [0.1, 0.15) is 20.3 Å². The van der Waals surface area contributed by atoms with Crippen molar-refractivity contribution in [3.8, 4) is 5.69 Å². The highest BCUT2D eigenvalue weighted by atomic mass is 16.2. The highest BCUT2D eigenvalue weighted by Gasteiger charge is 2.19. The van der Waals surface area contributed by atoms with Crippen LogP contribution in [-0.2, 0) is 11.8 Å². The van der Waals surface area contributed by atoms with E-state index in [0.29, 0.717) is 11.4 Å². The molecule has 0 saturated heterocycles. The second-order valence-corrected chi connectivity index (χ2v) is 5.38. The molecular formula is C15H21N5O2. The van der Waals surface area contributed by atoms with Gasteiger partial charge in [0.25, 0.3) is 0 Å². The summed E-state index contributed by atoms with van der Waals surface area (Å²) in [5.74, 6) is -0.0940. The van der Waals surface area contributed by atoms with Crippen molar-refractivity contribution in [2.45, 2.75) is 26.3 Å². The van der Waals surface area contributed by atoms with E-state index in [1.54, 1.807) is 31.3 Å². The molecule has 2 atom stereocenters. The molecule has 3 N–H and O–H groups in total.